The summed E-state index contributed by atoms with van der Waals surface area (Å²) in [6.07, 6.45) is 3.99. The maximum atomic E-state index is 10.0. The van der Waals surface area contributed by atoms with E-state index in [1.54, 1.807) is 38.8 Å². The predicted octanol–water partition coefficient (Wildman–Crippen LogP) is 3.79. The van der Waals surface area contributed by atoms with E-state index in [1.807, 2.05) is 18.2 Å². The molecule has 2 aromatic carbocycles. The van der Waals surface area contributed by atoms with Crippen molar-refractivity contribution in [1.29, 1.82) is 5.26 Å². The van der Waals surface area contributed by atoms with Gasteiger partial charge in [0.1, 0.15) is 23.1 Å². The van der Waals surface area contributed by atoms with E-state index < -0.39 is 5.92 Å². The molecule has 0 aromatic heterocycles. The molecule has 1 N–H and O–H groups in total. The number of nitrogens with zero attached hydrogens (tertiary/aromatic N) is 3. The molecule has 0 aliphatic carbocycles. The van der Waals surface area contributed by atoms with Gasteiger partial charge in [0, 0.05) is 24.7 Å². The molecule has 2 aromatic rings. The molecule has 0 radical (unpaired) electrons. The van der Waals surface area contributed by atoms with Gasteiger partial charge in [0.05, 0.1) is 26.5 Å². The zero-order chi connectivity index (χ0) is 21.1. The van der Waals surface area contributed by atoms with E-state index in [4.69, 9.17) is 14.2 Å². The molecule has 30 heavy (non-hydrogen) atoms. The lowest BCUT2D eigenvalue weighted by Gasteiger charge is -2.27. The first kappa shape index (κ1) is 19.6. The number of nitriles is 1. The molecular weight excluding hydrogens is 382 g/mol. The van der Waals surface area contributed by atoms with Crippen molar-refractivity contribution in [3.8, 4) is 29.1 Å². The second-order valence-electron chi connectivity index (χ2n) is 7.19. The minimum Gasteiger partial charge on any atom is -0.508 e. The van der Waals surface area contributed by atoms with Gasteiger partial charge in [0.25, 0.3) is 0 Å². The zero-order valence-corrected chi connectivity index (χ0v) is 17.0. The second kappa shape index (κ2) is 8.37. The lowest BCUT2D eigenvalue weighted by Crippen LogP contribution is -2.19. The molecule has 0 bridgehead atoms. The Morgan fingerprint density at radius 3 is 2.60 bits per heavy atom. The molecule has 1 fully saturated rings. The van der Waals surface area contributed by atoms with Crippen LogP contribution in [0, 0.1) is 11.3 Å². The quantitative estimate of drug-likeness (QED) is 0.602. The number of fused-ring (bicyclic) bond motifs is 1. The molecule has 154 valence electrons. The Balaban J connectivity index is 1.84. The van der Waals surface area contributed by atoms with Crippen LogP contribution in [-0.4, -0.2) is 43.7 Å². The van der Waals surface area contributed by atoms with Gasteiger partial charge in [-0.05, 0) is 36.6 Å². The van der Waals surface area contributed by atoms with E-state index in [1.165, 1.54) is 0 Å². The molecule has 0 amide bonds. The van der Waals surface area contributed by atoms with Crippen LogP contribution < -0.4 is 14.2 Å². The number of hydrogen-bond donors (Lipinski definition) is 1. The summed E-state index contributed by atoms with van der Waals surface area (Å²) in [6.45, 7) is 1.88. The van der Waals surface area contributed by atoms with Crippen molar-refractivity contribution in [2.45, 2.75) is 18.8 Å². The van der Waals surface area contributed by atoms with E-state index in [0.717, 1.165) is 37.1 Å². The standard InChI is InChI=1S/C23H23N3O4/c1-28-19-8-5-15(11-21(19)29-2)22-17-7-6-16(27)12-20(17)30-23(18(22)13-24)25-14-26-9-3-4-10-26/h5-8,11-12,14,22,27H,3-4,9-10H2,1-2H3. The molecule has 1 atom stereocenters. The Bertz CT molecular complexity index is 1050. The fourth-order valence-corrected chi connectivity index (χ4v) is 3.87. The van der Waals surface area contributed by atoms with E-state index in [-0.39, 0.29) is 11.6 Å². The third-order valence-corrected chi connectivity index (χ3v) is 5.37. The van der Waals surface area contributed by atoms with Gasteiger partial charge in [-0.1, -0.05) is 12.1 Å². The summed E-state index contributed by atoms with van der Waals surface area (Å²) in [5.41, 5.74) is 2.01. The number of methoxy groups -OCH3 is 2. The Labute approximate surface area is 175 Å². The minimum absolute atomic E-state index is 0.0862. The van der Waals surface area contributed by atoms with Gasteiger partial charge in [0.2, 0.25) is 5.88 Å². The lowest BCUT2D eigenvalue weighted by atomic mass is 9.83. The number of phenolic OH excluding ortho intramolecular Hbond substituents is 1. The number of ether oxygens (including phenoxy) is 3. The third kappa shape index (κ3) is 3.64. The van der Waals surface area contributed by atoms with Crippen molar-refractivity contribution >= 4 is 6.34 Å². The van der Waals surface area contributed by atoms with Gasteiger partial charge < -0.3 is 24.2 Å². The summed E-state index contributed by atoms with van der Waals surface area (Å²) >= 11 is 0. The first-order chi connectivity index (χ1) is 14.6. The maximum Gasteiger partial charge on any atom is 0.235 e. The Hall–Kier alpha value is -3.66. The Morgan fingerprint density at radius 1 is 1.13 bits per heavy atom. The van der Waals surface area contributed by atoms with Crippen molar-refractivity contribution in [3.63, 3.8) is 0 Å². The average Bonchev–Trinajstić information content (AvgIpc) is 3.29. The van der Waals surface area contributed by atoms with Gasteiger partial charge in [-0.15, -0.1) is 0 Å². The first-order valence-electron chi connectivity index (χ1n) is 9.79. The molecule has 2 aliphatic rings. The number of rotatable bonds is 5. The largest absolute Gasteiger partial charge is 0.508 e. The zero-order valence-electron chi connectivity index (χ0n) is 17.0. The molecule has 1 saturated heterocycles. The molecule has 7 heteroatoms. The minimum atomic E-state index is -0.412. The Morgan fingerprint density at radius 2 is 1.90 bits per heavy atom. The summed E-state index contributed by atoms with van der Waals surface area (Å²) in [7, 11) is 3.15. The van der Waals surface area contributed by atoms with Crippen molar-refractivity contribution in [1.82, 2.24) is 4.90 Å². The van der Waals surface area contributed by atoms with Crippen LogP contribution in [0.25, 0.3) is 0 Å². The number of aliphatic imine (C=N–C) groups is 1. The number of benzene rings is 2. The molecule has 0 saturated carbocycles. The van der Waals surface area contributed by atoms with Gasteiger partial charge in [-0.2, -0.15) is 5.26 Å². The number of phenols is 1. The SMILES string of the molecule is COc1ccc(C2C(C#N)=C(N=CN3CCCC3)Oc3cc(O)ccc32)cc1OC. The smallest absolute Gasteiger partial charge is 0.235 e. The summed E-state index contributed by atoms with van der Waals surface area (Å²) in [5, 5.41) is 20.0. The van der Waals surface area contributed by atoms with Crippen LogP contribution in [0.1, 0.15) is 29.9 Å². The lowest BCUT2D eigenvalue weighted by molar-refractivity contribution is 0.354. The highest BCUT2D eigenvalue weighted by Gasteiger charge is 2.32. The molecular formula is C23H23N3O4. The topological polar surface area (TPSA) is 87.3 Å². The Kier molecular flexibility index (Phi) is 5.48. The van der Waals surface area contributed by atoms with Gasteiger partial charge in [-0.3, -0.25) is 0 Å². The molecule has 2 aliphatic heterocycles. The highest BCUT2D eigenvalue weighted by molar-refractivity contribution is 5.62. The van der Waals surface area contributed by atoms with Gasteiger partial charge >= 0.3 is 0 Å². The first-order valence-corrected chi connectivity index (χ1v) is 9.79. The highest BCUT2D eigenvalue weighted by atomic mass is 16.5. The van der Waals surface area contributed by atoms with Gasteiger partial charge in [-0.25, -0.2) is 4.99 Å². The molecule has 4 rings (SSSR count). The number of likely N-dealkylation sites (tertiary alicyclic amines) is 1. The van der Waals surface area contributed by atoms with Crippen molar-refractivity contribution in [2.75, 3.05) is 27.3 Å². The normalized spacial score (nSPS) is 18.2. The molecule has 1 unspecified atom stereocenters. The average molecular weight is 405 g/mol. The summed E-state index contributed by atoms with van der Waals surface area (Å²) in [5.74, 6) is 1.56. The van der Waals surface area contributed by atoms with Crippen LogP contribution in [0.4, 0.5) is 0 Å². The number of hydrogen-bond acceptors (Lipinski definition) is 6. The summed E-state index contributed by atoms with van der Waals surface area (Å²) < 4.78 is 16.7. The van der Waals surface area contributed by atoms with Crippen LogP contribution in [0.5, 0.6) is 23.0 Å². The van der Waals surface area contributed by atoms with E-state index in [9.17, 15) is 10.4 Å². The molecule has 0 spiro atoms. The third-order valence-electron chi connectivity index (χ3n) is 5.37. The van der Waals surface area contributed by atoms with Crippen molar-refractivity contribution < 1.29 is 19.3 Å². The van der Waals surface area contributed by atoms with E-state index >= 15 is 0 Å². The number of aromatic hydroxyl groups is 1. The number of allylic oxidation sites excluding steroid dienone is 1. The van der Waals surface area contributed by atoms with Crippen LogP contribution >= 0.6 is 0 Å². The van der Waals surface area contributed by atoms with Crippen LogP contribution in [0.15, 0.2) is 52.8 Å². The fraction of sp³-hybridized carbons (Fsp3) is 0.304. The predicted molar refractivity (Wildman–Crippen MR) is 112 cm³/mol. The molecule has 7 nitrogen and oxygen atoms in total. The van der Waals surface area contributed by atoms with E-state index in [0.29, 0.717) is 22.8 Å². The summed E-state index contributed by atoms with van der Waals surface area (Å²) in [6, 6.07) is 12.7. The fourth-order valence-electron chi connectivity index (χ4n) is 3.87. The second-order valence-corrected chi connectivity index (χ2v) is 7.19. The summed E-state index contributed by atoms with van der Waals surface area (Å²) in [4.78, 5) is 6.60. The van der Waals surface area contributed by atoms with Crippen LogP contribution in [0.3, 0.4) is 0 Å². The highest BCUT2D eigenvalue weighted by Crippen LogP contribution is 2.45. The van der Waals surface area contributed by atoms with Gasteiger partial charge in [0.15, 0.2) is 11.5 Å². The molecule has 2 heterocycles. The van der Waals surface area contributed by atoms with Crippen LogP contribution in [0.2, 0.25) is 0 Å². The monoisotopic (exact) mass is 405 g/mol. The van der Waals surface area contributed by atoms with E-state index in [2.05, 4.69) is 16.0 Å². The van der Waals surface area contributed by atoms with Crippen molar-refractivity contribution in [2.24, 2.45) is 4.99 Å². The maximum absolute atomic E-state index is 10.0. The van der Waals surface area contributed by atoms with Crippen molar-refractivity contribution in [3.05, 3.63) is 59.0 Å². The van der Waals surface area contributed by atoms with Crippen LogP contribution in [-0.2, 0) is 0 Å².